The summed E-state index contributed by atoms with van der Waals surface area (Å²) in [7, 11) is 0. The lowest BCUT2D eigenvalue weighted by Gasteiger charge is -2.30. The second-order valence-corrected chi connectivity index (χ2v) is 6.75. The van der Waals surface area contributed by atoms with E-state index in [4.69, 9.17) is 10.2 Å². The number of alkyl halides is 3. The second-order valence-electron chi connectivity index (χ2n) is 6.75. The number of nitrogens with two attached hydrogens (primary N) is 1. The Balaban J connectivity index is 1.79. The minimum Gasteiger partial charge on any atom is -0.467 e. The molecule has 1 saturated carbocycles. The molecule has 2 aromatic rings. The van der Waals surface area contributed by atoms with Crippen LogP contribution in [0.1, 0.15) is 52.9 Å². The van der Waals surface area contributed by atoms with Crippen LogP contribution in [0.5, 0.6) is 0 Å². The molecule has 1 aliphatic rings. The number of benzene rings is 1. The third kappa shape index (κ3) is 3.77. The maximum absolute atomic E-state index is 13.1. The first-order valence-corrected chi connectivity index (χ1v) is 8.57. The number of hydrogen-bond donors (Lipinski definition) is 2. The molecule has 7 heteroatoms. The number of nitrogens with one attached hydrogen (secondary N) is 1. The molecule has 140 valence electrons. The molecule has 1 aromatic heterocycles. The SMILES string of the molecule is NCc1cc(C(=O)NCC2(c3cccc(C(F)(F)F)c3)CCCC2)co1. The average Bonchev–Trinajstić information content (AvgIpc) is 3.29. The number of amides is 1. The van der Waals surface area contributed by atoms with Crippen molar-refractivity contribution < 1.29 is 22.4 Å². The molecule has 3 rings (SSSR count). The fraction of sp³-hybridized carbons (Fsp3) is 0.421. The van der Waals surface area contributed by atoms with Gasteiger partial charge in [-0.3, -0.25) is 4.79 Å². The quantitative estimate of drug-likeness (QED) is 0.840. The van der Waals surface area contributed by atoms with E-state index >= 15 is 0 Å². The van der Waals surface area contributed by atoms with Crippen molar-refractivity contribution >= 4 is 5.91 Å². The second kappa shape index (κ2) is 7.15. The Kier molecular flexibility index (Phi) is 5.09. The third-order valence-electron chi connectivity index (χ3n) is 5.07. The third-order valence-corrected chi connectivity index (χ3v) is 5.07. The van der Waals surface area contributed by atoms with Gasteiger partial charge in [0.15, 0.2) is 0 Å². The van der Waals surface area contributed by atoms with Gasteiger partial charge in [-0.05, 0) is 30.5 Å². The molecule has 0 radical (unpaired) electrons. The summed E-state index contributed by atoms with van der Waals surface area (Å²) in [6.07, 6.45) is 0.296. The van der Waals surface area contributed by atoms with Crippen LogP contribution in [0.2, 0.25) is 0 Å². The van der Waals surface area contributed by atoms with Crippen LogP contribution in [0.15, 0.2) is 41.0 Å². The normalized spacial score (nSPS) is 16.6. The van der Waals surface area contributed by atoms with Crippen molar-refractivity contribution in [2.75, 3.05) is 6.54 Å². The van der Waals surface area contributed by atoms with Gasteiger partial charge in [0.2, 0.25) is 0 Å². The molecule has 0 atom stereocenters. The van der Waals surface area contributed by atoms with Crippen molar-refractivity contribution in [2.45, 2.75) is 43.8 Å². The van der Waals surface area contributed by atoms with E-state index in [9.17, 15) is 18.0 Å². The van der Waals surface area contributed by atoms with Crippen molar-refractivity contribution in [3.8, 4) is 0 Å². The van der Waals surface area contributed by atoms with Crippen LogP contribution < -0.4 is 11.1 Å². The van der Waals surface area contributed by atoms with E-state index in [0.717, 1.165) is 31.7 Å². The highest BCUT2D eigenvalue weighted by Crippen LogP contribution is 2.42. The molecule has 0 bridgehead atoms. The van der Waals surface area contributed by atoms with Gasteiger partial charge in [-0.1, -0.05) is 31.0 Å². The van der Waals surface area contributed by atoms with Crippen LogP contribution in [0, 0.1) is 0 Å². The Morgan fingerprint density at radius 1 is 1.23 bits per heavy atom. The van der Waals surface area contributed by atoms with E-state index in [1.54, 1.807) is 12.1 Å². The summed E-state index contributed by atoms with van der Waals surface area (Å²) in [5, 5.41) is 2.85. The summed E-state index contributed by atoms with van der Waals surface area (Å²) >= 11 is 0. The molecule has 3 N–H and O–H groups in total. The lowest BCUT2D eigenvalue weighted by molar-refractivity contribution is -0.137. The van der Waals surface area contributed by atoms with Gasteiger partial charge in [0, 0.05) is 12.0 Å². The number of hydrogen-bond acceptors (Lipinski definition) is 3. The van der Waals surface area contributed by atoms with Gasteiger partial charge in [0.25, 0.3) is 5.91 Å². The molecule has 1 fully saturated rings. The standard InChI is InChI=1S/C19H21F3N2O2/c20-19(21,22)15-5-3-4-14(9-15)18(6-1-2-7-18)12-24-17(25)13-8-16(10-23)26-11-13/h3-5,8-9,11H,1-2,6-7,10,12,23H2,(H,24,25). The molecule has 0 unspecified atom stereocenters. The van der Waals surface area contributed by atoms with Crippen LogP contribution in [-0.4, -0.2) is 12.5 Å². The van der Waals surface area contributed by atoms with E-state index in [0.29, 0.717) is 16.9 Å². The van der Waals surface area contributed by atoms with Gasteiger partial charge in [0.1, 0.15) is 12.0 Å². The summed E-state index contributed by atoms with van der Waals surface area (Å²) in [6, 6.07) is 7.01. The van der Waals surface area contributed by atoms with E-state index in [1.807, 2.05) is 0 Å². The molecule has 1 aromatic carbocycles. The molecule has 1 amide bonds. The van der Waals surface area contributed by atoms with E-state index in [-0.39, 0.29) is 19.0 Å². The molecule has 1 aliphatic carbocycles. The molecule has 0 aliphatic heterocycles. The molecule has 4 nitrogen and oxygen atoms in total. The zero-order valence-corrected chi connectivity index (χ0v) is 14.2. The topological polar surface area (TPSA) is 68.3 Å². The minimum absolute atomic E-state index is 0.196. The van der Waals surface area contributed by atoms with E-state index < -0.39 is 17.2 Å². The Labute approximate surface area is 149 Å². The van der Waals surface area contributed by atoms with Crippen LogP contribution in [0.3, 0.4) is 0 Å². The summed E-state index contributed by atoms with van der Waals surface area (Å²) in [5.41, 5.74) is 5.32. The maximum Gasteiger partial charge on any atom is 0.416 e. The Hall–Kier alpha value is -2.28. The smallest absolute Gasteiger partial charge is 0.416 e. The van der Waals surface area contributed by atoms with Crippen molar-refractivity contribution in [3.63, 3.8) is 0 Å². The fourth-order valence-corrected chi connectivity index (χ4v) is 3.60. The minimum atomic E-state index is -4.38. The monoisotopic (exact) mass is 366 g/mol. The molecule has 0 saturated heterocycles. The van der Waals surface area contributed by atoms with Crippen LogP contribution in [0.25, 0.3) is 0 Å². The first-order chi connectivity index (χ1) is 12.3. The Morgan fingerprint density at radius 2 is 1.96 bits per heavy atom. The lowest BCUT2D eigenvalue weighted by Crippen LogP contribution is -2.39. The van der Waals surface area contributed by atoms with Gasteiger partial charge < -0.3 is 15.5 Å². The predicted octanol–water partition coefficient (Wildman–Crippen LogP) is 4.00. The largest absolute Gasteiger partial charge is 0.467 e. The molecule has 0 spiro atoms. The summed E-state index contributed by atoms with van der Waals surface area (Å²) in [6.45, 7) is 0.484. The maximum atomic E-state index is 13.1. The zero-order valence-electron chi connectivity index (χ0n) is 14.2. The number of carbonyl (C=O) groups excluding carboxylic acids is 1. The average molecular weight is 366 g/mol. The Bertz CT molecular complexity index is 777. The highest BCUT2D eigenvalue weighted by Gasteiger charge is 2.38. The van der Waals surface area contributed by atoms with Gasteiger partial charge in [-0.2, -0.15) is 13.2 Å². The Morgan fingerprint density at radius 3 is 2.58 bits per heavy atom. The lowest BCUT2D eigenvalue weighted by atomic mass is 9.78. The van der Waals surface area contributed by atoms with Gasteiger partial charge in [0.05, 0.1) is 17.7 Å². The summed E-state index contributed by atoms with van der Waals surface area (Å²) in [4.78, 5) is 12.3. The first kappa shape index (κ1) is 18.5. The van der Waals surface area contributed by atoms with Crippen LogP contribution in [0.4, 0.5) is 13.2 Å². The van der Waals surface area contributed by atoms with Crippen molar-refractivity contribution in [1.29, 1.82) is 0 Å². The van der Waals surface area contributed by atoms with Crippen LogP contribution in [-0.2, 0) is 18.1 Å². The number of furan rings is 1. The highest BCUT2D eigenvalue weighted by molar-refractivity contribution is 5.94. The zero-order chi connectivity index (χ0) is 18.8. The molecule has 1 heterocycles. The number of halogens is 3. The molecular formula is C19H21F3N2O2. The summed E-state index contributed by atoms with van der Waals surface area (Å²) < 4.78 is 44.3. The van der Waals surface area contributed by atoms with Crippen LogP contribution >= 0.6 is 0 Å². The highest BCUT2D eigenvalue weighted by atomic mass is 19.4. The van der Waals surface area contributed by atoms with Gasteiger partial charge >= 0.3 is 6.18 Å². The van der Waals surface area contributed by atoms with Crippen molar-refractivity contribution in [1.82, 2.24) is 5.32 Å². The van der Waals surface area contributed by atoms with E-state index in [1.165, 1.54) is 18.4 Å². The van der Waals surface area contributed by atoms with Crippen molar-refractivity contribution in [2.24, 2.45) is 5.73 Å². The van der Waals surface area contributed by atoms with Gasteiger partial charge in [-0.25, -0.2) is 0 Å². The molecular weight excluding hydrogens is 345 g/mol. The fourth-order valence-electron chi connectivity index (χ4n) is 3.60. The van der Waals surface area contributed by atoms with Crippen molar-refractivity contribution in [3.05, 3.63) is 59.0 Å². The van der Waals surface area contributed by atoms with E-state index in [2.05, 4.69) is 5.32 Å². The predicted molar refractivity (Wildman–Crippen MR) is 90.5 cm³/mol. The number of carbonyl (C=O) groups is 1. The number of rotatable bonds is 5. The summed E-state index contributed by atoms with van der Waals surface area (Å²) in [5.74, 6) is 0.190. The molecule has 26 heavy (non-hydrogen) atoms. The first-order valence-electron chi connectivity index (χ1n) is 8.57. The van der Waals surface area contributed by atoms with Gasteiger partial charge in [-0.15, -0.1) is 0 Å².